The first-order chi connectivity index (χ1) is 14.6. The molecule has 6 nitrogen and oxygen atoms in total. The summed E-state index contributed by atoms with van der Waals surface area (Å²) in [7, 11) is 0. The highest BCUT2D eigenvalue weighted by atomic mass is 35.5. The van der Waals surface area contributed by atoms with Crippen LogP contribution in [0.15, 0.2) is 54.4 Å². The van der Waals surface area contributed by atoms with E-state index in [9.17, 15) is 0 Å². The number of aliphatic hydroxyl groups is 1. The standard InChI is InChI=1S/C23H32ClN3O3/c1-18-14-20(6-9-23(18)30-12-2-10-24)15-19-4-7-22(8-5-19)29-13-3-11-27(26)21(16-25)17-28/h4-9,14,16,28H,2-3,10-13,15,17,25-26H2,1H3/b21-16-. The number of nitrogens with two attached hydrogens (primary N) is 2. The number of halogens is 1. The van der Waals surface area contributed by atoms with Crippen molar-refractivity contribution >= 4 is 11.6 Å². The van der Waals surface area contributed by atoms with Crippen molar-refractivity contribution in [3.05, 3.63) is 71.1 Å². The number of rotatable bonds is 13. The van der Waals surface area contributed by atoms with E-state index in [0.29, 0.717) is 37.8 Å². The van der Waals surface area contributed by atoms with E-state index >= 15 is 0 Å². The van der Waals surface area contributed by atoms with Crippen molar-refractivity contribution in [3.8, 4) is 11.5 Å². The molecule has 0 aromatic heterocycles. The lowest BCUT2D eigenvalue weighted by Crippen LogP contribution is -2.34. The Morgan fingerprint density at radius 2 is 1.77 bits per heavy atom. The molecule has 0 unspecified atom stereocenters. The first kappa shape index (κ1) is 23.9. The van der Waals surface area contributed by atoms with Crippen molar-refractivity contribution in [2.75, 3.05) is 32.2 Å². The summed E-state index contributed by atoms with van der Waals surface area (Å²) < 4.78 is 11.5. The van der Waals surface area contributed by atoms with Crippen LogP contribution in [0.25, 0.3) is 0 Å². The molecule has 164 valence electrons. The fourth-order valence-electron chi connectivity index (χ4n) is 2.97. The molecule has 2 aromatic rings. The number of hydrogen-bond donors (Lipinski definition) is 3. The van der Waals surface area contributed by atoms with Crippen LogP contribution < -0.4 is 21.1 Å². The minimum atomic E-state index is -0.182. The summed E-state index contributed by atoms with van der Waals surface area (Å²) >= 11 is 5.69. The van der Waals surface area contributed by atoms with E-state index < -0.39 is 0 Å². The normalized spacial score (nSPS) is 11.4. The van der Waals surface area contributed by atoms with Gasteiger partial charge in [0.2, 0.25) is 0 Å². The fourth-order valence-corrected chi connectivity index (χ4v) is 3.08. The second kappa shape index (κ2) is 13.0. The van der Waals surface area contributed by atoms with Gasteiger partial charge in [-0.3, -0.25) is 0 Å². The SMILES string of the molecule is Cc1cc(Cc2ccc(OCCCN(N)/C(=C\N)CO)cc2)ccc1OCCCCl. The van der Waals surface area contributed by atoms with E-state index in [2.05, 4.69) is 31.2 Å². The van der Waals surface area contributed by atoms with Crippen LogP contribution >= 0.6 is 11.6 Å². The number of nitrogens with zero attached hydrogens (tertiary/aromatic N) is 1. The Morgan fingerprint density at radius 1 is 1.07 bits per heavy atom. The van der Waals surface area contributed by atoms with Crippen molar-refractivity contribution < 1.29 is 14.6 Å². The Morgan fingerprint density at radius 3 is 2.40 bits per heavy atom. The molecule has 0 heterocycles. The van der Waals surface area contributed by atoms with Crippen molar-refractivity contribution in [2.45, 2.75) is 26.2 Å². The van der Waals surface area contributed by atoms with E-state index in [0.717, 1.165) is 29.9 Å². The maximum absolute atomic E-state index is 9.12. The van der Waals surface area contributed by atoms with E-state index in [1.165, 1.54) is 22.3 Å². The second-order valence-corrected chi connectivity index (χ2v) is 7.40. The minimum Gasteiger partial charge on any atom is -0.494 e. The lowest BCUT2D eigenvalue weighted by molar-refractivity contribution is 0.232. The molecule has 0 radical (unpaired) electrons. The molecular weight excluding hydrogens is 402 g/mol. The van der Waals surface area contributed by atoms with Gasteiger partial charge in [0.25, 0.3) is 0 Å². The molecule has 30 heavy (non-hydrogen) atoms. The monoisotopic (exact) mass is 433 g/mol. The molecule has 0 fully saturated rings. The first-order valence-corrected chi connectivity index (χ1v) is 10.6. The highest BCUT2D eigenvalue weighted by Crippen LogP contribution is 2.22. The van der Waals surface area contributed by atoms with Gasteiger partial charge in [-0.25, -0.2) is 5.84 Å². The number of alkyl halides is 1. The Hall–Kier alpha value is -2.41. The topological polar surface area (TPSA) is 94.0 Å². The fraction of sp³-hybridized carbons (Fsp3) is 0.391. The molecular formula is C23H32ClN3O3. The summed E-state index contributed by atoms with van der Waals surface area (Å²) in [6.45, 7) is 3.60. The zero-order valence-electron chi connectivity index (χ0n) is 17.5. The predicted molar refractivity (Wildman–Crippen MR) is 122 cm³/mol. The number of aliphatic hydroxyl groups excluding tert-OH is 1. The van der Waals surface area contributed by atoms with Crippen LogP contribution in [0.4, 0.5) is 0 Å². The lowest BCUT2D eigenvalue weighted by Gasteiger charge is -2.20. The van der Waals surface area contributed by atoms with Crippen LogP contribution in [-0.4, -0.2) is 42.4 Å². The Balaban J connectivity index is 1.79. The maximum atomic E-state index is 9.12. The molecule has 2 rings (SSSR count). The van der Waals surface area contributed by atoms with Gasteiger partial charge in [-0.1, -0.05) is 24.3 Å². The van der Waals surface area contributed by atoms with Gasteiger partial charge in [0.15, 0.2) is 0 Å². The quantitative estimate of drug-likeness (QED) is 0.194. The molecule has 0 aliphatic carbocycles. The van der Waals surface area contributed by atoms with Crippen molar-refractivity contribution in [1.29, 1.82) is 0 Å². The van der Waals surface area contributed by atoms with Gasteiger partial charge in [0, 0.05) is 25.0 Å². The molecule has 0 spiro atoms. The third kappa shape index (κ3) is 7.78. The molecule has 7 heteroatoms. The molecule has 0 atom stereocenters. The largest absolute Gasteiger partial charge is 0.494 e. The summed E-state index contributed by atoms with van der Waals surface area (Å²) in [6, 6.07) is 14.4. The number of ether oxygens (including phenoxy) is 2. The minimum absolute atomic E-state index is 0.182. The number of hydrogen-bond acceptors (Lipinski definition) is 6. The van der Waals surface area contributed by atoms with Crippen LogP contribution in [0.2, 0.25) is 0 Å². The van der Waals surface area contributed by atoms with Crippen LogP contribution in [-0.2, 0) is 6.42 Å². The van der Waals surface area contributed by atoms with E-state index in [1.807, 2.05) is 18.2 Å². The molecule has 5 N–H and O–H groups in total. The predicted octanol–water partition coefficient (Wildman–Crippen LogP) is 3.33. The van der Waals surface area contributed by atoms with Gasteiger partial charge in [0.1, 0.15) is 11.5 Å². The number of hydrazine groups is 1. The molecule has 2 aromatic carbocycles. The zero-order chi connectivity index (χ0) is 21.8. The smallest absolute Gasteiger partial charge is 0.122 e. The van der Waals surface area contributed by atoms with Crippen molar-refractivity contribution in [3.63, 3.8) is 0 Å². The Labute approximate surface area is 184 Å². The average Bonchev–Trinajstić information content (AvgIpc) is 2.75. The van der Waals surface area contributed by atoms with Crippen LogP contribution in [0.1, 0.15) is 29.5 Å². The van der Waals surface area contributed by atoms with E-state index in [1.54, 1.807) is 0 Å². The Bertz CT molecular complexity index is 797. The first-order valence-electron chi connectivity index (χ1n) is 10.1. The number of benzene rings is 2. The van der Waals surface area contributed by atoms with Crippen LogP contribution in [0.5, 0.6) is 11.5 Å². The third-order valence-corrected chi connectivity index (χ3v) is 4.91. The van der Waals surface area contributed by atoms with Crippen LogP contribution in [0, 0.1) is 6.92 Å². The third-order valence-electron chi connectivity index (χ3n) is 4.64. The van der Waals surface area contributed by atoms with Gasteiger partial charge in [-0.05, 0) is 54.7 Å². The summed E-state index contributed by atoms with van der Waals surface area (Å²) in [4.78, 5) is 0. The molecule has 0 aliphatic rings. The Kier molecular flexibility index (Phi) is 10.3. The summed E-state index contributed by atoms with van der Waals surface area (Å²) in [6.07, 6.45) is 3.72. The summed E-state index contributed by atoms with van der Waals surface area (Å²) in [5, 5.41) is 10.6. The molecule has 0 saturated carbocycles. The van der Waals surface area contributed by atoms with Gasteiger partial charge in [-0.2, -0.15) is 0 Å². The van der Waals surface area contributed by atoms with Gasteiger partial charge >= 0.3 is 0 Å². The molecule has 0 aliphatic heterocycles. The average molecular weight is 434 g/mol. The second-order valence-electron chi connectivity index (χ2n) is 7.02. The van der Waals surface area contributed by atoms with E-state index in [-0.39, 0.29) is 6.61 Å². The highest BCUT2D eigenvalue weighted by molar-refractivity contribution is 6.17. The summed E-state index contributed by atoms with van der Waals surface area (Å²) in [5.41, 5.74) is 9.47. The van der Waals surface area contributed by atoms with Gasteiger partial charge in [0.05, 0.1) is 25.5 Å². The van der Waals surface area contributed by atoms with Crippen molar-refractivity contribution in [1.82, 2.24) is 5.01 Å². The summed E-state index contributed by atoms with van der Waals surface area (Å²) in [5.74, 6) is 8.16. The van der Waals surface area contributed by atoms with Crippen LogP contribution in [0.3, 0.4) is 0 Å². The molecule has 0 amide bonds. The van der Waals surface area contributed by atoms with E-state index in [4.69, 9.17) is 37.8 Å². The molecule has 0 bridgehead atoms. The van der Waals surface area contributed by atoms with Crippen molar-refractivity contribution in [2.24, 2.45) is 11.6 Å². The highest BCUT2D eigenvalue weighted by Gasteiger charge is 2.05. The number of aryl methyl sites for hydroxylation is 1. The van der Waals surface area contributed by atoms with Gasteiger partial charge in [-0.15, -0.1) is 11.6 Å². The van der Waals surface area contributed by atoms with Gasteiger partial charge < -0.3 is 25.3 Å². The maximum Gasteiger partial charge on any atom is 0.122 e. The molecule has 0 saturated heterocycles. The zero-order valence-corrected chi connectivity index (χ0v) is 18.3. The lowest BCUT2D eigenvalue weighted by atomic mass is 10.0.